The summed E-state index contributed by atoms with van der Waals surface area (Å²) in [4.78, 5) is 0. The molecule has 1 N–H and O–H groups in total. The molecule has 2 unspecified atom stereocenters. The van der Waals surface area contributed by atoms with Gasteiger partial charge in [-0.3, -0.25) is 0 Å². The second-order valence-electron chi connectivity index (χ2n) is 5.18. The molecule has 2 atom stereocenters. The Bertz CT molecular complexity index is 258. The predicted molar refractivity (Wildman–Crippen MR) is 60.7 cm³/mol. The SMILES string of the molecule is N#CC1(C(O)C2CCCO2)CCCCCC1. The van der Waals surface area contributed by atoms with Crippen LogP contribution in [0, 0.1) is 16.7 Å². The van der Waals surface area contributed by atoms with Crippen molar-refractivity contribution in [1.82, 2.24) is 0 Å². The summed E-state index contributed by atoms with van der Waals surface area (Å²) in [6.45, 7) is 0.739. The number of aliphatic hydroxyl groups is 1. The highest BCUT2D eigenvalue weighted by atomic mass is 16.5. The third-order valence-corrected chi connectivity index (χ3v) is 4.10. The lowest BCUT2D eigenvalue weighted by Gasteiger charge is -2.33. The van der Waals surface area contributed by atoms with Gasteiger partial charge >= 0.3 is 0 Å². The number of ether oxygens (including phenoxy) is 1. The first-order valence-electron chi connectivity index (χ1n) is 6.49. The fraction of sp³-hybridized carbons (Fsp3) is 0.923. The monoisotopic (exact) mass is 223 g/mol. The van der Waals surface area contributed by atoms with Crippen LogP contribution in [0.2, 0.25) is 0 Å². The lowest BCUT2D eigenvalue weighted by atomic mass is 9.74. The van der Waals surface area contributed by atoms with Crippen molar-refractivity contribution in [3.8, 4) is 6.07 Å². The molecule has 1 saturated carbocycles. The van der Waals surface area contributed by atoms with E-state index in [0.29, 0.717) is 0 Å². The standard InChI is InChI=1S/C13H21NO2/c14-10-13(7-3-1-2-4-8-13)12(15)11-6-5-9-16-11/h11-12,15H,1-9H2. The third kappa shape index (κ3) is 2.23. The van der Waals surface area contributed by atoms with E-state index >= 15 is 0 Å². The van der Waals surface area contributed by atoms with Crippen LogP contribution in [-0.4, -0.2) is 23.9 Å². The highest BCUT2D eigenvalue weighted by Crippen LogP contribution is 2.40. The molecule has 1 aliphatic heterocycles. The van der Waals surface area contributed by atoms with Crippen molar-refractivity contribution in [3.63, 3.8) is 0 Å². The van der Waals surface area contributed by atoms with Crippen molar-refractivity contribution < 1.29 is 9.84 Å². The maximum absolute atomic E-state index is 10.4. The summed E-state index contributed by atoms with van der Waals surface area (Å²) in [6.07, 6.45) is 7.44. The van der Waals surface area contributed by atoms with Gasteiger partial charge in [0.25, 0.3) is 0 Å². The number of hydrogen-bond donors (Lipinski definition) is 1. The Labute approximate surface area is 97.4 Å². The highest BCUT2D eigenvalue weighted by Gasteiger charge is 2.43. The fourth-order valence-electron chi connectivity index (χ4n) is 3.04. The van der Waals surface area contributed by atoms with E-state index < -0.39 is 11.5 Å². The third-order valence-electron chi connectivity index (χ3n) is 4.10. The summed E-state index contributed by atoms with van der Waals surface area (Å²) in [5.74, 6) is 0. The van der Waals surface area contributed by atoms with Crippen molar-refractivity contribution in [2.24, 2.45) is 5.41 Å². The molecule has 1 saturated heterocycles. The largest absolute Gasteiger partial charge is 0.389 e. The number of hydrogen-bond acceptors (Lipinski definition) is 3. The van der Waals surface area contributed by atoms with E-state index in [-0.39, 0.29) is 6.10 Å². The lowest BCUT2D eigenvalue weighted by molar-refractivity contribution is -0.0593. The molecule has 0 bridgehead atoms. The molecule has 0 aromatic rings. The van der Waals surface area contributed by atoms with Gasteiger partial charge in [-0.15, -0.1) is 0 Å². The molecule has 0 amide bonds. The molecule has 2 aliphatic rings. The van der Waals surface area contributed by atoms with Crippen LogP contribution in [0.5, 0.6) is 0 Å². The molecule has 2 fully saturated rings. The molecule has 3 nitrogen and oxygen atoms in total. The Kier molecular flexibility index (Phi) is 3.83. The topological polar surface area (TPSA) is 53.2 Å². The second kappa shape index (κ2) is 5.16. The van der Waals surface area contributed by atoms with Gasteiger partial charge in [0.2, 0.25) is 0 Å². The molecule has 2 rings (SSSR count). The molecule has 0 aromatic heterocycles. The van der Waals surface area contributed by atoms with Crippen LogP contribution in [0.25, 0.3) is 0 Å². The minimum atomic E-state index is -0.585. The maximum Gasteiger partial charge on any atom is 0.0987 e. The summed E-state index contributed by atoms with van der Waals surface area (Å²) in [5, 5.41) is 19.8. The quantitative estimate of drug-likeness (QED) is 0.731. The predicted octanol–water partition coefficient (Wildman–Crippen LogP) is 2.39. The van der Waals surface area contributed by atoms with Gasteiger partial charge in [-0.25, -0.2) is 0 Å². The molecule has 0 spiro atoms. The van der Waals surface area contributed by atoms with Crippen molar-refractivity contribution in [2.75, 3.05) is 6.61 Å². The first-order chi connectivity index (χ1) is 7.78. The molecular weight excluding hydrogens is 202 g/mol. The average Bonchev–Trinajstić information content (AvgIpc) is 2.73. The smallest absolute Gasteiger partial charge is 0.0987 e. The normalized spacial score (nSPS) is 31.6. The summed E-state index contributed by atoms with van der Waals surface area (Å²) in [5.41, 5.74) is -0.536. The minimum Gasteiger partial charge on any atom is -0.389 e. The molecular formula is C13H21NO2. The van der Waals surface area contributed by atoms with Crippen LogP contribution in [0.4, 0.5) is 0 Å². The summed E-state index contributed by atoms with van der Waals surface area (Å²) >= 11 is 0. The van der Waals surface area contributed by atoms with Gasteiger partial charge in [0.15, 0.2) is 0 Å². The van der Waals surface area contributed by atoms with Crippen molar-refractivity contribution >= 4 is 0 Å². The maximum atomic E-state index is 10.4. The zero-order chi connectivity index (χ0) is 11.4. The van der Waals surface area contributed by atoms with Crippen LogP contribution >= 0.6 is 0 Å². The van der Waals surface area contributed by atoms with Gasteiger partial charge in [-0.1, -0.05) is 25.7 Å². The van der Waals surface area contributed by atoms with E-state index in [1.807, 2.05) is 0 Å². The Hall–Kier alpha value is -0.590. The average molecular weight is 223 g/mol. The molecule has 0 aromatic carbocycles. The van der Waals surface area contributed by atoms with E-state index in [2.05, 4.69) is 6.07 Å². The van der Waals surface area contributed by atoms with Gasteiger partial charge in [-0.2, -0.15) is 5.26 Å². The molecule has 16 heavy (non-hydrogen) atoms. The van der Waals surface area contributed by atoms with Crippen LogP contribution in [0.15, 0.2) is 0 Å². The van der Waals surface area contributed by atoms with Crippen LogP contribution in [-0.2, 0) is 4.74 Å². The van der Waals surface area contributed by atoms with E-state index in [4.69, 9.17) is 4.74 Å². The number of nitriles is 1. The number of rotatable bonds is 2. The Balaban J connectivity index is 2.09. The summed E-state index contributed by atoms with van der Waals surface area (Å²) in [6, 6.07) is 2.40. The Morgan fingerprint density at radius 3 is 2.38 bits per heavy atom. The van der Waals surface area contributed by atoms with Crippen LogP contribution < -0.4 is 0 Å². The molecule has 90 valence electrons. The fourth-order valence-corrected chi connectivity index (χ4v) is 3.04. The zero-order valence-corrected chi connectivity index (χ0v) is 9.82. The van der Waals surface area contributed by atoms with E-state index in [0.717, 1.165) is 45.1 Å². The van der Waals surface area contributed by atoms with E-state index in [9.17, 15) is 10.4 Å². The van der Waals surface area contributed by atoms with E-state index in [1.54, 1.807) is 0 Å². The molecule has 1 heterocycles. The van der Waals surface area contributed by atoms with Gasteiger partial charge in [0.05, 0.1) is 23.7 Å². The van der Waals surface area contributed by atoms with Gasteiger partial charge in [0, 0.05) is 6.61 Å². The van der Waals surface area contributed by atoms with Crippen LogP contribution in [0.1, 0.15) is 51.4 Å². The summed E-state index contributed by atoms with van der Waals surface area (Å²) in [7, 11) is 0. The molecule has 3 heteroatoms. The Morgan fingerprint density at radius 1 is 1.19 bits per heavy atom. The Morgan fingerprint density at radius 2 is 1.88 bits per heavy atom. The van der Waals surface area contributed by atoms with Gasteiger partial charge in [-0.05, 0) is 25.7 Å². The van der Waals surface area contributed by atoms with Crippen molar-refractivity contribution in [1.29, 1.82) is 5.26 Å². The second-order valence-corrected chi connectivity index (χ2v) is 5.18. The van der Waals surface area contributed by atoms with Crippen molar-refractivity contribution in [3.05, 3.63) is 0 Å². The van der Waals surface area contributed by atoms with Crippen LogP contribution in [0.3, 0.4) is 0 Å². The lowest BCUT2D eigenvalue weighted by Crippen LogP contribution is -2.42. The van der Waals surface area contributed by atoms with Gasteiger partial charge < -0.3 is 9.84 Å². The highest BCUT2D eigenvalue weighted by molar-refractivity contribution is 5.06. The summed E-state index contributed by atoms with van der Waals surface area (Å²) < 4.78 is 5.53. The molecule has 0 radical (unpaired) electrons. The number of aliphatic hydroxyl groups excluding tert-OH is 1. The van der Waals surface area contributed by atoms with E-state index in [1.165, 1.54) is 12.8 Å². The minimum absolute atomic E-state index is 0.0993. The number of nitrogens with zero attached hydrogens (tertiary/aromatic N) is 1. The zero-order valence-electron chi connectivity index (χ0n) is 9.82. The van der Waals surface area contributed by atoms with Crippen molar-refractivity contribution in [2.45, 2.75) is 63.6 Å². The first kappa shape index (κ1) is 11.9. The van der Waals surface area contributed by atoms with Gasteiger partial charge in [0.1, 0.15) is 0 Å². The first-order valence-corrected chi connectivity index (χ1v) is 6.49. The molecule has 1 aliphatic carbocycles.